The van der Waals surface area contributed by atoms with Crippen molar-refractivity contribution in [3.05, 3.63) is 71.0 Å². The molecule has 0 radical (unpaired) electrons. The van der Waals surface area contributed by atoms with Gasteiger partial charge in [0.1, 0.15) is 5.82 Å². The Bertz CT molecular complexity index is 747. The van der Waals surface area contributed by atoms with Crippen LogP contribution in [0.3, 0.4) is 0 Å². The lowest BCUT2D eigenvalue weighted by Gasteiger charge is -2.20. The van der Waals surface area contributed by atoms with Gasteiger partial charge < -0.3 is 5.32 Å². The number of imide groups is 1. The third kappa shape index (κ3) is 5.67. The summed E-state index contributed by atoms with van der Waals surface area (Å²) in [5.41, 5.74) is 2.82. The standard InChI is InChI=1S/C20H24FN3O2/c1-3-14-8-10-15(11-9-14)19(16-6-5-7-17(21)12-16)23-13-18(25)24-20(26)22-4-2/h5-12,19,23H,3-4,13H2,1-2H3,(H2,22,24,25,26)/t19-/m0/s1. The van der Waals surface area contributed by atoms with E-state index in [0.29, 0.717) is 12.1 Å². The minimum absolute atomic E-state index is 0.0756. The second-order valence-corrected chi connectivity index (χ2v) is 5.87. The third-order valence-electron chi connectivity index (χ3n) is 3.96. The number of hydrogen-bond donors (Lipinski definition) is 3. The molecule has 0 heterocycles. The van der Waals surface area contributed by atoms with Crippen molar-refractivity contribution >= 4 is 11.9 Å². The van der Waals surface area contributed by atoms with Crippen LogP contribution in [-0.4, -0.2) is 25.0 Å². The average Bonchev–Trinajstić information content (AvgIpc) is 2.62. The van der Waals surface area contributed by atoms with Gasteiger partial charge >= 0.3 is 6.03 Å². The van der Waals surface area contributed by atoms with Crippen LogP contribution in [0.5, 0.6) is 0 Å². The zero-order chi connectivity index (χ0) is 18.9. The van der Waals surface area contributed by atoms with Gasteiger partial charge in [0.15, 0.2) is 0 Å². The van der Waals surface area contributed by atoms with Gasteiger partial charge in [-0.3, -0.25) is 15.4 Å². The maximum Gasteiger partial charge on any atom is 0.321 e. The lowest BCUT2D eigenvalue weighted by molar-refractivity contribution is -0.119. The summed E-state index contributed by atoms with van der Waals surface area (Å²) in [6.45, 7) is 4.20. The van der Waals surface area contributed by atoms with Gasteiger partial charge in [0, 0.05) is 6.54 Å². The minimum Gasteiger partial charge on any atom is -0.338 e. The SMILES string of the molecule is CCNC(=O)NC(=O)CN[C@@H](c1ccc(CC)cc1)c1cccc(F)c1. The molecule has 0 saturated carbocycles. The number of urea groups is 1. The van der Waals surface area contributed by atoms with Gasteiger partial charge in [-0.1, -0.05) is 43.3 Å². The summed E-state index contributed by atoms with van der Waals surface area (Å²) in [7, 11) is 0. The van der Waals surface area contributed by atoms with Gasteiger partial charge in [-0.05, 0) is 42.2 Å². The highest BCUT2D eigenvalue weighted by Crippen LogP contribution is 2.23. The van der Waals surface area contributed by atoms with Crippen molar-refractivity contribution in [1.29, 1.82) is 0 Å². The first-order valence-electron chi connectivity index (χ1n) is 8.68. The quantitative estimate of drug-likeness (QED) is 0.714. The van der Waals surface area contributed by atoms with E-state index in [2.05, 4.69) is 22.9 Å². The zero-order valence-corrected chi connectivity index (χ0v) is 15.0. The monoisotopic (exact) mass is 357 g/mol. The Hall–Kier alpha value is -2.73. The van der Waals surface area contributed by atoms with Gasteiger partial charge in [-0.2, -0.15) is 0 Å². The number of carbonyl (C=O) groups is 2. The number of halogens is 1. The van der Waals surface area contributed by atoms with E-state index in [0.717, 1.165) is 12.0 Å². The molecule has 2 aromatic rings. The Labute approximate surface area is 153 Å². The molecule has 5 nitrogen and oxygen atoms in total. The van der Waals surface area contributed by atoms with Crippen molar-refractivity contribution < 1.29 is 14.0 Å². The van der Waals surface area contributed by atoms with E-state index >= 15 is 0 Å². The van der Waals surface area contributed by atoms with Crippen LogP contribution in [0.4, 0.5) is 9.18 Å². The molecule has 0 bridgehead atoms. The molecule has 0 spiro atoms. The predicted octanol–water partition coefficient (Wildman–Crippen LogP) is 2.91. The van der Waals surface area contributed by atoms with E-state index in [-0.39, 0.29) is 18.4 Å². The summed E-state index contributed by atoms with van der Waals surface area (Å²) >= 11 is 0. The zero-order valence-electron chi connectivity index (χ0n) is 15.0. The predicted molar refractivity (Wildman–Crippen MR) is 99.3 cm³/mol. The number of rotatable bonds is 7. The van der Waals surface area contributed by atoms with Crippen LogP contribution in [0.25, 0.3) is 0 Å². The van der Waals surface area contributed by atoms with Crippen LogP contribution < -0.4 is 16.0 Å². The lowest BCUT2D eigenvalue weighted by atomic mass is 9.97. The third-order valence-corrected chi connectivity index (χ3v) is 3.96. The van der Waals surface area contributed by atoms with Crippen molar-refractivity contribution in [1.82, 2.24) is 16.0 Å². The second kappa shape index (κ2) is 9.68. The Kier molecular flexibility index (Phi) is 7.29. The first-order chi connectivity index (χ1) is 12.5. The van der Waals surface area contributed by atoms with E-state index in [1.54, 1.807) is 19.1 Å². The smallest absolute Gasteiger partial charge is 0.321 e. The Balaban J connectivity index is 2.15. The molecule has 0 aromatic heterocycles. The summed E-state index contributed by atoms with van der Waals surface area (Å²) in [5, 5.41) is 7.85. The number of amides is 3. The Morgan fingerprint density at radius 1 is 1.04 bits per heavy atom. The molecule has 0 fully saturated rings. The normalized spacial score (nSPS) is 11.7. The van der Waals surface area contributed by atoms with E-state index in [9.17, 15) is 14.0 Å². The fourth-order valence-corrected chi connectivity index (χ4v) is 2.63. The molecule has 0 aliphatic carbocycles. The molecule has 3 amide bonds. The van der Waals surface area contributed by atoms with Crippen LogP contribution in [0.2, 0.25) is 0 Å². The number of hydrogen-bond acceptors (Lipinski definition) is 3. The maximum absolute atomic E-state index is 13.7. The van der Waals surface area contributed by atoms with Gasteiger partial charge in [0.25, 0.3) is 0 Å². The highest BCUT2D eigenvalue weighted by molar-refractivity contribution is 5.95. The van der Waals surface area contributed by atoms with Gasteiger partial charge in [-0.25, -0.2) is 9.18 Å². The molecular formula is C20H24FN3O2. The van der Waals surface area contributed by atoms with Crippen molar-refractivity contribution in [2.75, 3.05) is 13.1 Å². The average molecular weight is 357 g/mol. The molecule has 1 atom stereocenters. The fraction of sp³-hybridized carbons (Fsp3) is 0.300. The topological polar surface area (TPSA) is 70.2 Å². The minimum atomic E-state index is -0.533. The largest absolute Gasteiger partial charge is 0.338 e. The first-order valence-corrected chi connectivity index (χ1v) is 8.68. The molecule has 3 N–H and O–H groups in total. The number of carbonyl (C=O) groups excluding carboxylic acids is 2. The number of nitrogens with one attached hydrogen (secondary N) is 3. The number of benzene rings is 2. The van der Waals surface area contributed by atoms with Crippen molar-refractivity contribution in [2.24, 2.45) is 0 Å². The Morgan fingerprint density at radius 3 is 2.38 bits per heavy atom. The summed E-state index contributed by atoms with van der Waals surface area (Å²) in [6, 6.07) is 13.3. The molecule has 0 aliphatic heterocycles. The highest BCUT2D eigenvalue weighted by Gasteiger charge is 2.16. The van der Waals surface area contributed by atoms with E-state index < -0.39 is 11.9 Å². The van der Waals surface area contributed by atoms with Crippen LogP contribution >= 0.6 is 0 Å². The molecule has 2 rings (SSSR count). The van der Waals surface area contributed by atoms with Crippen LogP contribution in [-0.2, 0) is 11.2 Å². The van der Waals surface area contributed by atoms with Crippen molar-refractivity contribution in [2.45, 2.75) is 26.3 Å². The molecule has 0 aliphatic rings. The molecule has 0 saturated heterocycles. The molecule has 0 unspecified atom stereocenters. The van der Waals surface area contributed by atoms with Crippen molar-refractivity contribution in [3.8, 4) is 0 Å². The van der Waals surface area contributed by atoms with E-state index in [4.69, 9.17) is 0 Å². The first kappa shape index (κ1) is 19.6. The van der Waals surface area contributed by atoms with Crippen LogP contribution in [0.1, 0.15) is 36.6 Å². The van der Waals surface area contributed by atoms with Gasteiger partial charge in [0.2, 0.25) is 5.91 Å². The maximum atomic E-state index is 13.7. The van der Waals surface area contributed by atoms with Crippen molar-refractivity contribution in [3.63, 3.8) is 0 Å². The highest BCUT2D eigenvalue weighted by atomic mass is 19.1. The molecular weight excluding hydrogens is 333 g/mol. The van der Waals surface area contributed by atoms with E-state index in [1.165, 1.54) is 17.7 Å². The van der Waals surface area contributed by atoms with Crippen LogP contribution in [0, 0.1) is 5.82 Å². The summed E-state index contributed by atoms with van der Waals surface area (Å²) in [6.07, 6.45) is 0.924. The molecule has 6 heteroatoms. The molecule has 26 heavy (non-hydrogen) atoms. The lowest BCUT2D eigenvalue weighted by Crippen LogP contribution is -2.44. The second-order valence-electron chi connectivity index (χ2n) is 5.87. The summed E-state index contributed by atoms with van der Waals surface area (Å²) in [5.74, 6) is -0.797. The Morgan fingerprint density at radius 2 is 1.77 bits per heavy atom. The molecule has 2 aromatic carbocycles. The van der Waals surface area contributed by atoms with E-state index in [1.807, 2.05) is 24.3 Å². The van der Waals surface area contributed by atoms with Gasteiger partial charge in [-0.15, -0.1) is 0 Å². The fourth-order valence-electron chi connectivity index (χ4n) is 2.63. The number of aryl methyl sites for hydroxylation is 1. The van der Waals surface area contributed by atoms with Gasteiger partial charge in [0.05, 0.1) is 12.6 Å². The summed E-state index contributed by atoms with van der Waals surface area (Å²) < 4.78 is 13.7. The van der Waals surface area contributed by atoms with Crippen LogP contribution in [0.15, 0.2) is 48.5 Å². The summed E-state index contributed by atoms with van der Waals surface area (Å²) in [4.78, 5) is 23.4. The molecule has 138 valence electrons.